The SMILES string of the molecule is CCCC#[N+]C(C)(C)C. The molecule has 1 nitrogen and oxygen atoms in total. The van der Waals surface area contributed by atoms with Crippen molar-refractivity contribution >= 4 is 0 Å². The maximum atomic E-state index is 4.20. The van der Waals surface area contributed by atoms with Gasteiger partial charge in [0.15, 0.2) is 0 Å². The van der Waals surface area contributed by atoms with E-state index in [0.717, 1.165) is 12.8 Å². The molecular weight excluding hydrogens is 110 g/mol. The zero-order valence-electron chi connectivity index (χ0n) is 6.86. The van der Waals surface area contributed by atoms with Crippen LogP contribution < -0.4 is 0 Å². The predicted octanol–water partition coefficient (Wildman–Crippen LogP) is 2.92. The first-order valence-electron chi connectivity index (χ1n) is 3.51. The van der Waals surface area contributed by atoms with E-state index in [2.05, 4.69) is 38.6 Å². The molecule has 0 amide bonds. The van der Waals surface area contributed by atoms with Crippen LogP contribution in [0.4, 0.5) is 0 Å². The molecule has 0 unspecified atom stereocenters. The summed E-state index contributed by atoms with van der Waals surface area (Å²) in [6, 6.07) is 3.00. The third-order valence-corrected chi connectivity index (χ3v) is 0.776. The molecule has 0 atom stereocenters. The van der Waals surface area contributed by atoms with Crippen LogP contribution >= 0.6 is 0 Å². The molecule has 0 aromatic rings. The van der Waals surface area contributed by atoms with Crippen molar-refractivity contribution in [2.24, 2.45) is 0 Å². The Labute approximate surface area is 57.9 Å². The van der Waals surface area contributed by atoms with E-state index in [1.54, 1.807) is 0 Å². The van der Waals surface area contributed by atoms with Gasteiger partial charge in [-0.3, -0.25) is 0 Å². The Morgan fingerprint density at radius 2 is 1.89 bits per heavy atom. The summed E-state index contributed by atoms with van der Waals surface area (Å²) in [5, 5.41) is 0. The summed E-state index contributed by atoms with van der Waals surface area (Å²) >= 11 is 0. The fraction of sp³-hybridized carbons (Fsp3) is 0.875. The van der Waals surface area contributed by atoms with Crippen molar-refractivity contribution in [1.82, 2.24) is 0 Å². The first-order chi connectivity index (χ1) is 4.06. The Bertz CT molecular complexity index is 120. The number of rotatable bonds is 1. The van der Waals surface area contributed by atoms with Crippen LogP contribution in [0.1, 0.15) is 40.5 Å². The highest BCUT2D eigenvalue weighted by atomic mass is 14.8. The van der Waals surface area contributed by atoms with Crippen molar-refractivity contribution in [2.45, 2.75) is 46.1 Å². The van der Waals surface area contributed by atoms with E-state index in [-0.39, 0.29) is 5.54 Å². The highest BCUT2D eigenvalue weighted by Gasteiger charge is 2.17. The van der Waals surface area contributed by atoms with Crippen LogP contribution in [0.15, 0.2) is 0 Å². The van der Waals surface area contributed by atoms with E-state index < -0.39 is 0 Å². The highest BCUT2D eigenvalue weighted by Crippen LogP contribution is 2.05. The predicted molar refractivity (Wildman–Crippen MR) is 41.9 cm³/mol. The van der Waals surface area contributed by atoms with E-state index >= 15 is 0 Å². The lowest BCUT2D eigenvalue weighted by Gasteiger charge is -1.91. The van der Waals surface area contributed by atoms with Crippen molar-refractivity contribution in [1.29, 1.82) is 0 Å². The van der Waals surface area contributed by atoms with Gasteiger partial charge in [0.1, 0.15) is 0 Å². The molecular formula is C8H16N+. The average Bonchev–Trinajstić information content (AvgIpc) is 1.63. The van der Waals surface area contributed by atoms with E-state index in [0.29, 0.717) is 0 Å². The first-order valence-corrected chi connectivity index (χ1v) is 3.51. The number of unbranched alkanes of at least 4 members (excludes halogenated alkanes) is 1. The standard InChI is InChI=1S/C8H16N/c1-5-6-7-9-8(2,3)4/h5-6H2,1-4H3/q+1. The molecule has 0 spiro atoms. The van der Waals surface area contributed by atoms with Gasteiger partial charge in [-0.05, 0) is 6.42 Å². The molecule has 0 saturated carbocycles. The molecule has 0 fully saturated rings. The zero-order valence-corrected chi connectivity index (χ0v) is 6.86. The minimum atomic E-state index is 0.0647. The Morgan fingerprint density at radius 3 is 2.22 bits per heavy atom. The lowest BCUT2D eigenvalue weighted by molar-refractivity contribution is 0.686. The minimum absolute atomic E-state index is 0.0647. The third kappa shape index (κ3) is 7.49. The van der Waals surface area contributed by atoms with Crippen molar-refractivity contribution in [3.63, 3.8) is 0 Å². The fourth-order valence-corrected chi connectivity index (χ4v) is 0.405. The van der Waals surface area contributed by atoms with Crippen LogP contribution in [0.2, 0.25) is 0 Å². The Balaban J connectivity index is 3.59. The minimum Gasteiger partial charge on any atom is -0.0781 e. The highest BCUT2D eigenvalue weighted by molar-refractivity contribution is 4.96. The van der Waals surface area contributed by atoms with Crippen molar-refractivity contribution < 1.29 is 0 Å². The molecule has 52 valence electrons. The van der Waals surface area contributed by atoms with Gasteiger partial charge in [-0.15, -0.1) is 0 Å². The number of hydrogen-bond acceptors (Lipinski definition) is 0. The molecule has 1 heteroatoms. The monoisotopic (exact) mass is 126 g/mol. The quantitative estimate of drug-likeness (QED) is 0.509. The summed E-state index contributed by atoms with van der Waals surface area (Å²) in [4.78, 5) is 4.20. The number of hydrogen-bond donors (Lipinski definition) is 0. The fourth-order valence-electron chi connectivity index (χ4n) is 0.405. The van der Waals surface area contributed by atoms with E-state index in [4.69, 9.17) is 0 Å². The smallest absolute Gasteiger partial charge is 0.0781 e. The van der Waals surface area contributed by atoms with Crippen LogP contribution in [0.5, 0.6) is 0 Å². The van der Waals surface area contributed by atoms with E-state index in [1.165, 1.54) is 0 Å². The first kappa shape index (κ1) is 8.49. The van der Waals surface area contributed by atoms with Crippen LogP contribution in [-0.2, 0) is 0 Å². The second-order valence-corrected chi connectivity index (χ2v) is 3.19. The largest absolute Gasteiger partial charge is 0.273 e. The van der Waals surface area contributed by atoms with E-state index in [9.17, 15) is 0 Å². The van der Waals surface area contributed by atoms with Gasteiger partial charge in [0.2, 0.25) is 0 Å². The molecule has 9 heavy (non-hydrogen) atoms. The maximum absolute atomic E-state index is 4.20. The molecule has 0 N–H and O–H groups in total. The Hall–Kier alpha value is -0.510. The number of nitrogens with zero attached hydrogens (tertiary/aromatic N) is 1. The second-order valence-electron chi connectivity index (χ2n) is 3.19. The average molecular weight is 126 g/mol. The molecule has 0 saturated heterocycles. The molecule has 0 aliphatic heterocycles. The maximum Gasteiger partial charge on any atom is 0.273 e. The molecule has 0 aromatic heterocycles. The second kappa shape index (κ2) is 3.50. The molecule has 0 radical (unpaired) electrons. The van der Waals surface area contributed by atoms with Crippen LogP contribution in [0.3, 0.4) is 0 Å². The van der Waals surface area contributed by atoms with Crippen molar-refractivity contribution in [3.05, 3.63) is 4.85 Å². The molecule has 0 aliphatic rings. The lowest BCUT2D eigenvalue weighted by atomic mass is 10.1. The summed E-state index contributed by atoms with van der Waals surface area (Å²) in [6.45, 7) is 8.37. The summed E-state index contributed by atoms with van der Waals surface area (Å²) in [5.41, 5.74) is 0.0647. The van der Waals surface area contributed by atoms with Gasteiger partial charge in [0.05, 0.1) is 6.42 Å². The van der Waals surface area contributed by atoms with Crippen LogP contribution in [0.25, 0.3) is 4.85 Å². The van der Waals surface area contributed by atoms with E-state index in [1.807, 2.05) is 0 Å². The summed E-state index contributed by atoms with van der Waals surface area (Å²) in [5.74, 6) is 0. The molecule has 0 heterocycles. The van der Waals surface area contributed by atoms with Gasteiger partial charge < -0.3 is 0 Å². The summed E-state index contributed by atoms with van der Waals surface area (Å²) in [6.07, 6.45) is 2.12. The molecule has 0 rings (SSSR count). The topological polar surface area (TPSA) is 4.36 Å². The molecule has 0 aliphatic carbocycles. The summed E-state index contributed by atoms with van der Waals surface area (Å²) in [7, 11) is 0. The molecule has 0 bridgehead atoms. The van der Waals surface area contributed by atoms with Gasteiger partial charge in [0.25, 0.3) is 11.6 Å². The van der Waals surface area contributed by atoms with Gasteiger partial charge in [-0.2, -0.15) is 0 Å². The van der Waals surface area contributed by atoms with Crippen molar-refractivity contribution in [2.75, 3.05) is 0 Å². The normalized spacial score (nSPS) is 10.2. The van der Waals surface area contributed by atoms with Crippen LogP contribution in [-0.4, -0.2) is 5.54 Å². The van der Waals surface area contributed by atoms with Gasteiger partial charge in [-0.1, -0.05) is 11.8 Å². The zero-order chi connectivity index (χ0) is 7.33. The molecule has 0 aromatic carbocycles. The van der Waals surface area contributed by atoms with Gasteiger partial charge in [-0.25, -0.2) is 0 Å². The van der Waals surface area contributed by atoms with Crippen molar-refractivity contribution in [3.8, 4) is 6.07 Å². The lowest BCUT2D eigenvalue weighted by Crippen LogP contribution is -2.05. The van der Waals surface area contributed by atoms with Gasteiger partial charge in [0, 0.05) is 20.8 Å². The Morgan fingerprint density at radius 1 is 1.33 bits per heavy atom. The third-order valence-electron chi connectivity index (χ3n) is 0.776. The van der Waals surface area contributed by atoms with Crippen LogP contribution in [0, 0.1) is 6.07 Å². The van der Waals surface area contributed by atoms with Gasteiger partial charge >= 0.3 is 0 Å². The Kier molecular flexibility index (Phi) is 3.30. The summed E-state index contributed by atoms with van der Waals surface area (Å²) < 4.78 is 0.